The third-order valence-corrected chi connectivity index (χ3v) is 4.43. The highest BCUT2D eigenvalue weighted by atomic mass is 32.1. The number of piperidine rings is 1. The van der Waals surface area contributed by atoms with Crippen molar-refractivity contribution in [3.63, 3.8) is 0 Å². The molecule has 1 aromatic rings. The lowest BCUT2D eigenvalue weighted by Crippen LogP contribution is -2.39. The van der Waals surface area contributed by atoms with Crippen molar-refractivity contribution in [2.45, 2.75) is 25.8 Å². The number of likely N-dealkylation sites (tertiary alicyclic amines) is 1. The summed E-state index contributed by atoms with van der Waals surface area (Å²) in [6.07, 6.45) is 2.61. The smallest absolute Gasteiger partial charge is 0.0413 e. The normalized spacial score (nSPS) is 25.3. The number of rotatable bonds is 3. The van der Waals surface area contributed by atoms with Crippen molar-refractivity contribution in [1.82, 2.24) is 4.90 Å². The van der Waals surface area contributed by atoms with E-state index < -0.39 is 0 Å². The molecule has 84 valence electrons. The van der Waals surface area contributed by atoms with Crippen molar-refractivity contribution in [2.75, 3.05) is 19.6 Å². The van der Waals surface area contributed by atoms with Crippen LogP contribution in [0.5, 0.6) is 0 Å². The predicted octanol–water partition coefficient (Wildman–Crippen LogP) is 2.48. The van der Waals surface area contributed by atoms with Gasteiger partial charge in [0.2, 0.25) is 0 Å². The molecule has 0 amide bonds. The largest absolute Gasteiger partial charge is 0.330 e. The van der Waals surface area contributed by atoms with Gasteiger partial charge in [0, 0.05) is 17.5 Å². The second-order valence-corrected chi connectivity index (χ2v) is 5.41. The molecule has 2 rings (SSSR count). The van der Waals surface area contributed by atoms with Crippen molar-refractivity contribution in [3.05, 3.63) is 22.4 Å². The first-order chi connectivity index (χ1) is 7.31. The first kappa shape index (κ1) is 11.1. The number of hydrogen-bond acceptors (Lipinski definition) is 3. The minimum atomic E-state index is 0.569. The van der Waals surface area contributed by atoms with Crippen LogP contribution < -0.4 is 5.73 Å². The molecule has 0 saturated carbocycles. The van der Waals surface area contributed by atoms with E-state index in [1.165, 1.54) is 30.8 Å². The summed E-state index contributed by atoms with van der Waals surface area (Å²) >= 11 is 1.86. The molecule has 0 unspecified atom stereocenters. The number of hydrogen-bond donors (Lipinski definition) is 1. The molecule has 2 N–H and O–H groups in total. The molecule has 1 saturated heterocycles. The molecule has 2 heterocycles. The first-order valence-electron chi connectivity index (χ1n) is 5.78. The summed E-state index contributed by atoms with van der Waals surface area (Å²) in [5.41, 5.74) is 5.76. The summed E-state index contributed by atoms with van der Waals surface area (Å²) in [7, 11) is 0. The van der Waals surface area contributed by atoms with Gasteiger partial charge < -0.3 is 5.73 Å². The van der Waals surface area contributed by atoms with Gasteiger partial charge in [0.1, 0.15) is 0 Å². The molecule has 0 aliphatic carbocycles. The van der Waals surface area contributed by atoms with E-state index in [1.807, 2.05) is 11.3 Å². The highest BCUT2D eigenvalue weighted by Crippen LogP contribution is 2.28. The van der Waals surface area contributed by atoms with Crippen molar-refractivity contribution >= 4 is 11.3 Å². The lowest BCUT2D eigenvalue weighted by molar-refractivity contribution is 0.136. The van der Waals surface area contributed by atoms with E-state index in [-0.39, 0.29) is 0 Å². The van der Waals surface area contributed by atoms with Gasteiger partial charge in [-0.1, -0.05) is 6.07 Å². The van der Waals surface area contributed by atoms with Gasteiger partial charge in [0.15, 0.2) is 0 Å². The van der Waals surface area contributed by atoms with Crippen LogP contribution in [0.4, 0.5) is 0 Å². The Labute approximate surface area is 96.1 Å². The summed E-state index contributed by atoms with van der Waals surface area (Å²) < 4.78 is 0. The van der Waals surface area contributed by atoms with Crippen molar-refractivity contribution in [1.29, 1.82) is 0 Å². The van der Waals surface area contributed by atoms with Crippen molar-refractivity contribution < 1.29 is 0 Å². The molecule has 3 heteroatoms. The van der Waals surface area contributed by atoms with Crippen LogP contribution in [0.2, 0.25) is 0 Å². The van der Waals surface area contributed by atoms with Crippen LogP contribution in [0.25, 0.3) is 0 Å². The topological polar surface area (TPSA) is 29.3 Å². The van der Waals surface area contributed by atoms with Crippen molar-refractivity contribution in [3.8, 4) is 0 Å². The fourth-order valence-electron chi connectivity index (χ4n) is 2.35. The highest BCUT2D eigenvalue weighted by molar-refractivity contribution is 7.10. The van der Waals surface area contributed by atoms with Crippen LogP contribution in [0.3, 0.4) is 0 Å². The Balaban J connectivity index is 1.98. The molecular weight excluding hydrogens is 204 g/mol. The lowest BCUT2D eigenvalue weighted by atomic mass is 9.97. The predicted molar refractivity (Wildman–Crippen MR) is 66.1 cm³/mol. The summed E-state index contributed by atoms with van der Waals surface area (Å²) in [6, 6.07) is 4.95. The third-order valence-electron chi connectivity index (χ3n) is 3.39. The first-order valence-corrected chi connectivity index (χ1v) is 6.66. The average Bonchev–Trinajstić information content (AvgIpc) is 2.81. The van der Waals surface area contributed by atoms with E-state index in [1.54, 1.807) is 0 Å². The maximum absolute atomic E-state index is 5.76. The van der Waals surface area contributed by atoms with Crippen LogP contribution >= 0.6 is 11.3 Å². The molecule has 1 fully saturated rings. The molecule has 15 heavy (non-hydrogen) atoms. The Hall–Kier alpha value is -0.380. The zero-order chi connectivity index (χ0) is 10.7. The molecule has 1 aromatic heterocycles. The van der Waals surface area contributed by atoms with Gasteiger partial charge in [0.05, 0.1) is 0 Å². The lowest BCUT2D eigenvalue weighted by Gasteiger charge is -2.36. The highest BCUT2D eigenvalue weighted by Gasteiger charge is 2.23. The number of nitrogens with two attached hydrogens (primary N) is 1. The van der Waals surface area contributed by atoms with Gasteiger partial charge in [0.25, 0.3) is 0 Å². The molecular formula is C12H20N2S. The van der Waals surface area contributed by atoms with E-state index in [4.69, 9.17) is 5.73 Å². The van der Waals surface area contributed by atoms with Crippen LogP contribution in [0, 0.1) is 5.92 Å². The molecule has 2 nitrogen and oxygen atoms in total. The quantitative estimate of drug-likeness (QED) is 0.854. The Morgan fingerprint density at radius 1 is 1.67 bits per heavy atom. The number of nitrogens with zero attached hydrogens (tertiary/aromatic N) is 1. The summed E-state index contributed by atoms with van der Waals surface area (Å²) in [5.74, 6) is 0.709. The maximum atomic E-state index is 5.76. The fraction of sp³-hybridized carbons (Fsp3) is 0.667. The van der Waals surface area contributed by atoms with Gasteiger partial charge in [-0.2, -0.15) is 0 Å². The minimum Gasteiger partial charge on any atom is -0.330 e. The monoisotopic (exact) mass is 224 g/mol. The van der Waals surface area contributed by atoms with E-state index in [0.717, 1.165) is 6.54 Å². The fourth-order valence-corrected chi connectivity index (χ4v) is 3.17. The van der Waals surface area contributed by atoms with Crippen LogP contribution in [0.15, 0.2) is 17.5 Å². The van der Waals surface area contributed by atoms with E-state index in [9.17, 15) is 0 Å². The van der Waals surface area contributed by atoms with Gasteiger partial charge in [-0.3, -0.25) is 4.90 Å². The van der Waals surface area contributed by atoms with E-state index in [0.29, 0.717) is 12.0 Å². The minimum absolute atomic E-state index is 0.569. The maximum Gasteiger partial charge on any atom is 0.0413 e. The Morgan fingerprint density at radius 2 is 2.53 bits per heavy atom. The molecule has 0 aromatic carbocycles. The van der Waals surface area contributed by atoms with Gasteiger partial charge >= 0.3 is 0 Å². The zero-order valence-electron chi connectivity index (χ0n) is 9.36. The van der Waals surface area contributed by atoms with Crippen LogP contribution in [-0.4, -0.2) is 24.5 Å². The molecule has 0 spiro atoms. The van der Waals surface area contributed by atoms with Gasteiger partial charge in [-0.15, -0.1) is 11.3 Å². The second kappa shape index (κ2) is 5.10. The molecule has 1 aliphatic rings. The zero-order valence-corrected chi connectivity index (χ0v) is 10.2. The Kier molecular flexibility index (Phi) is 3.78. The van der Waals surface area contributed by atoms with Gasteiger partial charge in [-0.05, 0) is 50.2 Å². The second-order valence-electron chi connectivity index (χ2n) is 4.43. The summed E-state index contributed by atoms with van der Waals surface area (Å²) in [5, 5.41) is 2.16. The third kappa shape index (κ3) is 2.60. The van der Waals surface area contributed by atoms with Gasteiger partial charge in [-0.25, -0.2) is 0 Å². The summed E-state index contributed by atoms with van der Waals surface area (Å²) in [4.78, 5) is 4.06. The van der Waals surface area contributed by atoms with Crippen LogP contribution in [0.1, 0.15) is 30.7 Å². The molecule has 0 bridgehead atoms. The molecule has 2 atom stereocenters. The SMILES string of the molecule is C[C@H](c1cccs1)N1CCC[C@H](CN)C1. The molecule has 0 radical (unpaired) electrons. The number of thiophene rings is 1. The average molecular weight is 224 g/mol. The van der Waals surface area contributed by atoms with E-state index in [2.05, 4.69) is 29.3 Å². The Morgan fingerprint density at radius 3 is 3.20 bits per heavy atom. The molecule has 1 aliphatic heterocycles. The van der Waals surface area contributed by atoms with E-state index >= 15 is 0 Å². The summed E-state index contributed by atoms with van der Waals surface area (Å²) in [6.45, 7) is 5.56. The van der Waals surface area contributed by atoms with Crippen LogP contribution in [-0.2, 0) is 0 Å². The standard InChI is InChI=1S/C12H20N2S/c1-10(12-5-3-7-15-12)14-6-2-4-11(8-13)9-14/h3,5,7,10-11H,2,4,6,8-9,13H2,1H3/t10-,11-/m1/s1. The Bertz CT molecular complexity index is 284. The van der Waals surface area contributed by atoms with Crippen molar-refractivity contribution in [2.24, 2.45) is 11.7 Å².